The molecular formula is C20H19ClN4OS. The molecule has 5 nitrogen and oxygen atoms in total. The number of aromatic nitrogens is 3. The lowest BCUT2D eigenvalue weighted by molar-refractivity contribution is 0.239. The van der Waals surface area contributed by atoms with E-state index in [4.69, 9.17) is 21.6 Å². The zero-order chi connectivity index (χ0) is 18.4. The van der Waals surface area contributed by atoms with Crippen LogP contribution < -0.4 is 5.56 Å². The zero-order valence-corrected chi connectivity index (χ0v) is 16.3. The highest BCUT2D eigenvalue weighted by atomic mass is 35.5. The smallest absolute Gasteiger partial charge is 0.255 e. The second-order valence-electron chi connectivity index (χ2n) is 7.26. The van der Waals surface area contributed by atoms with Gasteiger partial charge in [0.2, 0.25) is 0 Å². The molecule has 27 heavy (non-hydrogen) atoms. The highest BCUT2D eigenvalue weighted by Gasteiger charge is 2.29. The summed E-state index contributed by atoms with van der Waals surface area (Å²) in [6, 6.07) is 7.75. The second-order valence-corrected chi connectivity index (χ2v) is 8.56. The number of fused-ring (bicyclic) bond motifs is 1. The molecule has 0 unspecified atom stereocenters. The Hall–Kier alpha value is -2.02. The molecule has 3 heterocycles. The van der Waals surface area contributed by atoms with Crippen molar-refractivity contribution in [2.24, 2.45) is 0 Å². The van der Waals surface area contributed by atoms with Crippen LogP contribution in [0.5, 0.6) is 0 Å². The van der Waals surface area contributed by atoms with Gasteiger partial charge in [0, 0.05) is 47.9 Å². The van der Waals surface area contributed by atoms with Gasteiger partial charge in [-0.1, -0.05) is 23.7 Å². The van der Waals surface area contributed by atoms with Crippen LogP contribution in [0.25, 0.3) is 10.6 Å². The Balaban J connectivity index is 1.31. The molecule has 7 heteroatoms. The third kappa shape index (κ3) is 3.57. The molecule has 1 saturated carbocycles. The monoisotopic (exact) mass is 398 g/mol. The lowest BCUT2D eigenvalue weighted by Gasteiger charge is -2.27. The molecule has 138 valence electrons. The number of benzene rings is 1. The van der Waals surface area contributed by atoms with Gasteiger partial charge >= 0.3 is 0 Å². The van der Waals surface area contributed by atoms with Crippen molar-refractivity contribution in [3.05, 3.63) is 67.8 Å². The Labute approximate surface area is 166 Å². The van der Waals surface area contributed by atoms with E-state index in [-0.39, 0.29) is 5.56 Å². The van der Waals surface area contributed by atoms with Crippen molar-refractivity contribution >= 4 is 22.9 Å². The third-order valence-corrected chi connectivity index (χ3v) is 6.35. The molecule has 1 aliphatic heterocycles. The van der Waals surface area contributed by atoms with E-state index in [1.54, 1.807) is 11.3 Å². The van der Waals surface area contributed by atoms with Crippen molar-refractivity contribution in [2.45, 2.75) is 38.3 Å². The van der Waals surface area contributed by atoms with Crippen molar-refractivity contribution in [2.75, 3.05) is 6.54 Å². The van der Waals surface area contributed by atoms with E-state index < -0.39 is 0 Å². The van der Waals surface area contributed by atoms with Crippen LogP contribution in [0.4, 0.5) is 0 Å². The van der Waals surface area contributed by atoms with Gasteiger partial charge in [0.05, 0.1) is 17.0 Å². The Morgan fingerprint density at radius 1 is 1.22 bits per heavy atom. The van der Waals surface area contributed by atoms with Crippen molar-refractivity contribution in [1.82, 2.24) is 19.9 Å². The summed E-state index contributed by atoms with van der Waals surface area (Å²) in [4.78, 5) is 27.2. The minimum atomic E-state index is 0.0340. The van der Waals surface area contributed by atoms with Gasteiger partial charge < -0.3 is 4.98 Å². The van der Waals surface area contributed by atoms with Gasteiger partial charge in [-0.15, -0.1) is 11.3 Å². The molecule has 2 aliphatic rings. The summed E-state index contributed by atoms with van der Waals surface area (Å²) < 4.78 is 0. The summed E-state index contributed by atoms with van der Waals surface area (Å²) in [5.41, 5.74) is 3.95. The lowest BCUT2D eigenvalue weighted by Crippen LogP contribution is -2.35. The average molecular weight is 399 g/mol. The van der Waals surface area contributed by atoms with E-state index in [1.807, 2.05) is 24.3 Å². The van der Waals surface area contributed by atoms with Crippen LogP contribution in [-0.4, -0.2) is 26.4 Å². The number of hydrogen-bond donors (Lipinski definition) is 1. The van der Waals surface area contributed by atoms with E-state index >= 15 is 0 Å². The highest BCUT2D eigenvalue weighted by molar-refractivity contribution is 7.13. The topological polar surface area (TPSA) is 61.9 Å². The molecular weight excluding hydrogens is 380 g/mol. The number of hydrogen-bond acceptors (Lipinski definition) is 5. The van der Waals surface area contributed by atoms with Crippen molar-refractivity contribution < 1.29 is 0 Å². The predicted octanol–water partition coefficient (Wildman–Crippen LogP) is 3.98. The minimum Gasteiger partial charge on any atom is -0.310 e. The van der Waals surface area contributed by atoms with Crippen LogP contribution in [0.1, 0.15) is 41.5 Å². The van der Waals surface area contributed by atoms with Crippen molar-refractivity contribution in [3.63, 3.8) is 0 Å². The number of nitrogens with one attached hydrogen (secondary N) is 1. The van der Waals surface area contributed by atoms with E-state index in [0.717, 1.165) is 70.7 Å². The van der Waals surface area contributed by atoms with Gasteiger partial charge in [0.1, 0.15) is 10.8 Å². The van der Waals surface area contributed by atoms with Crippen molar-refractivity contribution in [3.8, 4) is 10.6 Å². The van der Waals surface area contributed by atoms with Crippen molar-refractivity contribution in [1.29, 1.82) is 0 Å². The minimum absolute atomic E-state index is 0.0340. The summed E-state index contributed by atoms with van der Waals surface area (Å²) >= 11 is 7.60. The number of aromatic amines is 1. The molecule has 0 radical (unpaired) electrons. The van der Waals surface area contributed by atoms with Gasteiger partial charge in [-0.05, 0) is 25.0 Å². The van der Waals surface area contributed by atoms with Crippen LogP contribution in [-0.2, 0) is 19.5 Å². The molecule has 3 aromatic rings. The van der Waals surface area contributed by atoms with Crippen LogP contribution in [0.15, 0.2) is 34.4 Å². The maximum absolute atomic E-state index is 12.5. The SMILES string of the molecule is O=c1[nH]c(C2CC2)nc2c1CN(Cc1csc(-c3ccc(Cl)cc3)n1)CC2. The first-order chi connectivity index (χ1) is 13.2. The number of thiazole rings is 1. The second kappa shape index (κ2) is 6.86. The summed E-state index contributed by atoms with van der Waals surface area (Å²) in [7, 11) is 0. The summed E-state index contributed by atoms with van der Waals surface area (Å²) in [6.07, 6.45) is 3.12. The molecule has 0 spiro atoms. The van der Waals surface area contributed by atoms with E-state index in [9.17, 15) is 4.79 Å². The maximum Gasteiger partial charge on any atom is 0.255 e. The molecule has 0 saturated heterocycles. The molecule has 1 aliphatic carbocycles. The molecule has 1 N–H and O–H groups in total. The summed E-state index contributed by atoms with van der Waals surface area (Å²) in [5, 5.41) is 3.82. The Morgan fingerprint density at radius 2 is 2.04 bits per heavy atom. The molecule has 0 amide bonds. The first-order valence-corrected chi connectivity index (χ1v) is 10.5. The zero-order valence-electron chi connectivity index (χ0n) is 14.7. The van der Waals surface area contributed by atoms with Crippen LogP contribution in [0.3, 0.4) is 0 Å². The molecule has 0 atom stereocenters. The van der Waals surface area contributed by atoms with Gasteiger partial charge in [-0.25, -0.2) is 9.97 Å². The predicted molar refractivity (Wildman–Crippen MR) is 107 cm³/mol. The fraction of sp³-hybridized carbons (Fsp3) is 0.350. The third-order valence-electron chi connectivity index (χ3n) is 5.16. The van der Waals surface area contributed by atoms with Gasteiger partial charge in [0.15, 0.2) is 0 Å². The summed E-state index contributed by atoms with van der Waals surface area (Å²) in [6.45, 7) is 2.28. The van der Waals surface area contributed by atoms with Gasteiger partial charge in [-0.2, -0.15) is 0 Å². The normalized spacial score (nSPS) is 17.1. The quantitative estimate of drug-likeness (QED) is 0.722. The number of H-pyrrole nitrogens is 1. The largest absolute Gasteiger partial charge is 0.310 e. The fourth-order valence-corrected chi connectivity index (χ4v) is 4.46. The van der Waals surface area contributed by atoms with E-state index in [0.29, 0.717) is 12.5 Å². The summed E-state index contributed by atoms with van der Waals surface area (Å²) in [5.74, 6) is 1.36. The van der Waals surface area contributed by atoms with Gasteiger partial charge in [-0.3, -0.25) is 9.69 Å². The molecule has 5 rings (SSSR count). The average Bonchev–Trinajstić information content (AvgIpc) is 3.42. The maximum atomic E-state index is 12.5. The number of rotatable bonds is 4. The van der Waals surface area contributed by atoms with Crippen LogP contribution >= 0.6 is 22.9 Å². The molecule has 1 fully saturated rings. The first-order valence-electron chi connectivity index (χ1n) is 9.20. The number of halogens is 1. The highest BCUT2D eigenvalue weighted by Crippen LogP contribution is 2.37. The van der Waals surface area contributed by atoms with E-state index in [1.165, 1.54) is 0 Å². The van der Waals surface area contributed by atoms with E-state index in [2.05, 4.69) is 15.3 Å². The fourth-order valence-electron chi connectivity index (χ4n) is 3.52. The Morgan fingerprint density at radius 3 is 2.81 bits per heavy atom. The van der Waals surface area contributed by atoms with Crippen LogP contribution in [0.2, 0.25) is 5.02 Å². The Kier molecular flexibility index (Phi) is 4.34. The first kappa shape index (κ1) is 17.1. The van der Waals surface area contributed by atoms with Gasteiger partial charge in [0.25, 0.3) is 5.56 Å². The Bertz CT molecular complexity index is 1040. The molecule has 0 bridgehead atoms. The lowest BCUT2D eigenvalue weighted by atomic mass is 10.1. The standard InChI is InChI=1S/C20H19ClN4OS/c21-14-5-3-13(4-6-14)20-22-15(11-27-20)9-25-8-7-17-16(10-25)19(26)24-18(23-17)12-1-2-12/h3-6,11-12H,1-2,7-10H2,(H,23,24,26). The van der Waals surface area contributed by atoms with Crippen LogP contribution in [0, 0.1) is 0 Å². The molecule has 1 aromatic carbocycles. The number of nitrogens with zero attached hydrogens (tertiary/aromatic N) is 3. The molecule has 2 aromatic heterocycles.